The lowest BCUT2D eigenvalue weighted by Gasteiger charge is -2.10. The van der Waals surface area contributed by atoms with Gasteiger partial charge in [0.1, 0.15) is 5.69 Å². The number of nitrogens with zero attached hydrogens (tertiary/aromatic N) is 2. The summed E-state index contributed by atoms with van der Waals surface area (Å²) in [4.78, 5) is 21.3. The summed E-state index contributed by atoms with van der Waals surface area (Å²) in [5.41, 5.74) is 3.68. The Hall–Kier alpha value is -2.92. The van der Waals surface area contributed by atoms with Crippen LogP contribution in [0.5, 0.6) is 0 Å². The van der Waals surface area contributed by atoms with E-state index in [0.29, 0.717) is 28.3 Å². The molecule has 0 aliphatic rings. The molecular weight excluding hydrogens is 360 g/mol. The zero-order valence-corrected chi connectivity index (χ0v) is 16.2. The van der Waals surface area contributed by atoms with Gasteiger partial charge in [0.05, 0.1) is 0 Å². The number of amides is 1. The predicted molar refractivity (Wildman–Crippen MR) is 110 cm³/mol. The maximum atomic E-state index is 12.6. The van der Waals surface area contributed by atoms with E-state index in [1.54, 1.807) is 18.2 Å². The second-order valence-corrected chi connectivity index (χ2v) is 7.02. The molecule has 0 saturated heterocycles. The monoisotopic (exact) mass is 380 g/mol. The fourth-order valence-electron chi connectivity index (χ4n) is 2.58. The average Bonchev–Trinajstić information content (AvgIpc) is 2.61. The summed E-state index contributed by atoms with van der Waals surface area (Å²) < 4.78 is 0. The summed E-state index contributed by atoms with van der Waals surface area (Å²) >= 11 is 6.00. The first-order chi connectivity index (χ1) is 12.9. The Morgan fingerprint density at radius 3 is 2.41 bits per heavy atom. The van der Waals surface area contributed by atoms with Crippen LogP contribution in [0, 0.1) is 6.92 Å². The average molecular weight is 381 g/mol. The number of hydrogen-bond donors (Lipinski definition) is 2. The Morgan fingerprint density at radius 1 is 1.00 bits per heavy atom. The third-order valence-electron chi connectivity index (χ3n) is 4.00. The minimum atomic E-state index is -0.285. The molecule has 1 heterocycles. The number of benzene rings is 2. The van der Waals surface area contributed by atoms with Crippen LogP contribution in [0.1, 0.15) is 41.5 Å². The molecule has 0 spiro atoms. The van der Waals surface area contributed by atoms with Gasteiger partial charge in [-0.3, -0.25) is 4.79 Å². The normalized spacial score (nSPS) is 10.7. The maximum Gasteiger partial charge on any atom is 0.274 e. The highest BCUT2D eigenvalue weighted by Gasteiger charge is 2.12. The molecule has 0 saturated carbocycles. The fraction of sp³-hybridized carbons (Fsp3) is 0.190. The summed E-state index contributed by atoms with van der Waals surface area (Å²) in [5.74, 6) is 0.504. The Bertz CT molecular complexity index is 955. The van der Waals surface area contributed by atoms with Crippen molar-refractivity contribution in [2.45, 2.75) is 26.7 Å². The highest BCUT2D eigenvalue weighted by molar-refractivity contribution is 6.30. The van der Waals surface area contributed by atoms with Crippen LogP contribution < -0.4 is 10.6 Å². The van der Waals surface area contributed by atoms with Gasteiger partial charge in [-0.15, -0.1) is 0 Å². The van der Waals surface area contributed by atoms with Crippen molar-refractivity contribution in [3.63, 3.8) is 0 Å². The number of carbonyl (C=O) groups is 1. The van der Waals surface area contributed by atoms with E-state index in [-0.39, 0.29) is 5.91 Å². The lowest BCUT2D eigenvalue weighted by Crippen LogP contribution is -2.15. The zero-order valence-electron chi connectivity index (χ0n) is 15.5. The first kappa shape index (κ1) is 18.9. The van der Waals surface area contributed by atoms with Gasteiger partial charge in [-0.25, -0.2) is 9.97 Å². The molecule has 3 rings (SSSR count). The summed E-state index contributed by atoms with van der Waals surface area (Å²) in [5, 5.41) is 6.56. The Kier molecular flexibility index (Phi) is 5.72. The number of aromatic nitrogens is 2. The number of hydrogen-bond acceptors (Lipinski definition) is 4. The van der Waals surface area contributed by atoms with Gasteiger partial charge in [0, 0.05) is 22.1 Å². The van der Waals surface area contributed by atoms with Crippen molar-refractivity contribution in [1.29, 1.82) is 0 Å². The second kappa shape index (κ2) is 8.18. The summed E-state index contributed by atoms with van der Waals surface area (Å²) in [7, 11) is 0. The topological polar surface area (TPSA) is 66.9 Å². The van der Waals surface area contributed by atoms with Gasteiger partial charge in [0.15, 0.2) is 0 Å². The highest BCUT2D eigenvalue weighted by atomic mass is 35.5. The third kappa shape index (κ3) is 5.05. The molecule has 0 aliphatic carbocycles. The van der Waals surface area contributed by atoms with Crippen LogP contribution in [-0.2, 0) is 0 Å². The third-order valence-corrected chi connectivity index (χ3v) is 4.24. The van der Waals surface area contributed by atoms with Crippen molar-refractivity contribution in [3.8, 4) is 0 Å². The van der Waals surface area contributed by atoms with Gasteiger partial charge in [-0.2, -0.15) is 0 Å². The minimum absolute atomic E-state index is 0.285. The molecule has 5 nitrogen and oxygen atoms in total. The number of anilines is 3. The lowest BCUT2D eigenvalue weighted by molar-refractivity contribution is 0.102. The molecule has 2 aromatic carbocycles. The van der Waals surface area contributed by atoms with E-state index >= 15 is 0 Å². The van der Waals surface area contributed by atoms with Crippen molar-refractivity contribution in [2.75, 3.05) is 10.6 Å². The van der Waals surface area contributed by atoms with E-state index in [9.17, 15) is 4.79 Å². The fourth-order valence-corrected chi connectivity index (χ4v) is 2.77. The van der Waals surface area contributed by atoms with Crippen molar-refractivity contribution >= 4 is 34.8 Å². The van der Waals surface area contributed by atoms with E-state index in [2.05, 4.69) is 34.4 Å². The SMILES string of the molecule is Cc1cc(C(=O)Nc2ccc(C(C)C)cc2)nc(Nc2cccc(Cl)c2)n1. The maximum absolute atomic E-state index is 12.6. The molecule has 0 bridgehead atoms. The smallest absolute Gasteiger partial charge is 0.274 e. The van der Waals surface area contributed by atoms with Crippen LogP contribution in [-0.4, -0.2) is 15.9 Å². The number of halogens is 1. The molecule has 0 unspecified atom stereocenters. The van der Waals surface area contributed by atoms with Crippen molar-refractivity contribution in [3.05, 3.63) is 76.6 Å². The Morgan fingerprint density at radius 2 is 1.74 bits per heavy atom. The molecular formula is C21H21ClN4O. The molecule has 27 heavy (non-hydrogen) atoms. The first-order valence-electron chi connectivity index (χ1n) is 8.70. The van der Waals surface area contributed by atoms with Crippen LogP contribution in [0.3, 0.4) is 0 Å². The lowest BCUT2D eigenvalue weighted by atomic mass is 10.0. The number of carbonyl (C=O) groups excluding carboxylic acids is 1. The number of nitrogens with one attached hydrogen (secondary N) is 2. The van der Waals surface area contributed by atoms with Crippen molar-refractivity contribution in [1.82, 2.24) is 9.97 Å². The van der Waals surface area contributed by atoms with Crippen LogP contribution in [0.4, 0.5) is 17.3 Å². The molecule has 6 heteroatoms. The van der Waals surface area contributed by atoms with Gasteiger partial charge in [0.2, 0.25) is 5.95 Å². The Balaban J connectivity index is 1.77. The van der Waals surface area contributed by atoms with Gasteiger partial charge in [-0.1, -0.05) is 43.6 Å². The van der Waals surface area contributed by atoms with E-state index in [4.69, 9.17) is 11.6 Å². The van der Waals surface area contributed by atoms with Gasteiger partial charge in [0.25, 0.3) is 5.91 Å². The Labute approximate surface area is 163 Å². The van der Waals surface area contributed by atoms with Crippen LogP contribution in [0.15, 0.2) is 54.6 Å². The van der Waals surface area contributed by atoms with Crippen LogP contribution in [0.2, 0.25) is 5.02 Å². The molecule has 0 aliphatic heterocycles. The van der Waals surface area contributed by atoms with Gasteiger partial charge < -0.3 is 10.6 Å². The van der Waals surface area contributed by atoms with Crippen molar-refractivity contribution in [2.24, 2.45) is 0 Å². The summed E-state index contributed by atoms with van der Waals surface area (Å²) in [6.07, 6.45) is 0. The first-order valence-corrected chi connectivity index (χ1v) is 9.08. The molecule has 2 N–H and O–H groups in total. The zero-order chi connectivity index (χ0) is 19.4. The van der Waals surface area contributed by atoms with E-state index < -0.39 is 0 Å². The van der Waals surface area contributed by atoms with E-state index in [0.717, 1.165) is 11.4 Å². The summed E-state index contributed by atoms with van der Waals surface area (Å²) in [6.45, 7) is 6.08. The quantitative estimate of drug-likeness (QED) is 0.608. The van der Waals surface area contributed by atoms with E-state index in [1.807, 2.05) is 43.3 Å². The second-order valence-electron chi connectivity index (χ2n) is 6.58. The van der Waals surface area contributed by atoms with Gasteiger partial charge >= 0.3 is 0 Å². The minimum Gasteiger partial charge on any atom is -0.324 e. The molecule has 1 amide bonds. The van der Waals surface area contributed by atoms with Crippen LogP contribution in [0.25, 0.3) is 0 Å². The van der Waals surface area contributed by atoms with E-state index in [1.165, 1.54) is 5.56 Å². The number of aryl methyl sites for hydroxylation is 1. The molecule has 1 aromatic heterocycles. The molecule has 0 radical (unpaired) electrons. The van der Waals surface area contributed by atoms with Gasteiger partial charge in [-0.05, 0) is 54.8 Å². The standard InChI is InChI=1S/C21H21ClN4O/c1-13(2)15-7-9-17(10-8-15)24-20(27)19-11-14(3)23-21(26-19)25-18-6-4-5-16(22)12-18/h4-13H,1-3H3,(H,24,27)(H,23,25,26). The largest absolute Gasteiger partial charge is 0.324 e. The highest BCUT2D eigenvalue weighted by Crippen LogP contribution is 2.20. The molecule has 0 fully saturated rings. The predicted octanol–water partition coefficient (Wildman–Crippen LogP) is 5.56. The van der Waals surface area contributed by atoms with Crippen LogP contribution >= 0.6 is 11.6 Å². The molecule has 138 valence electrons. The number of rotatable bonds is 5. The molecule has 0 atom stereocenters. The van der Waals surface area contributed by atoms with Crippen molar-refractivity contribution < 1.29 is 4.79 Å². The summed E-state index contributed by atoms with van der Waals surface area (Å²) in [6, 6.07) is 16.7. The molecule has 3 aromatic rings.